The monoisotopic (exact) mass is 520 g/mol. The van der Waals surface area contributed by atoms with Crippen LogP contribution in [0.4, 0.5) is 11.4 Å². The summed E-state index contributed by atoms with van der Waals surface area (Å²) in [5, 5.41) is 7.52. The predicted octanol–water partition coefficient (Wildman–Crippen LogP) is 8.22. The van der Waals surface area contributed by atoms with Crippen LogP contribution >= 0.6 is 31.9 Å². The molecule has 150 valence electrons. The van der Waals surface area contributed by atoms with E-state index in [4.69, 9.17) is 0 Å². The standard InChI is InChI=1S/C26H22Br2N2/c27-21-11-15-23(16-12-21)29-25(19-7-3-1-4-8-19)26(20-9-5-2-6-10-20)30-24-17-13-22(28)14-18-24/h1-18,25-26,29-30H/t25-,26+. The fraction of sp³-hybridized carbons (Fsp3) is 0.0769. The van der Waals surface area contributed by atoms with Gasteiger partial charge in [-0.2, -0.15) is 0 Å². The van der Waals surface area contributed by atoms with Gasteiger partial charge in [0.1, 0.15) is 0 Å². The van der Waals surface area contributed by atoms with Crippen molar-refractivity contribution in [2.75, 3.05) is 10.6 Å². The van der Waals surface area contributed by atoms with Crippen LogP contribution in [0, 0.1) is 0 Å². The number of hydrogen-bond acceptors (Lipinski definition) is 2. The number of benzene rings is 4. The molecule has 0 unspecified atom stereocenters. The van der Waals surface area contributed by atoms with Crippen molar-refractivity contribution in [3.63, 3.8) is 0 Å². The predicted molar refractivity (Wildman–Crippen MR) is 134 cm³/mol. The third-order valence-electron chi connectivity index (χ3n) is 4.98. The Bertz CT molecular complexity index is 961. The van der Waals surface area contributed by atoms with Crippen molar-refractivity contribution in [3.8, 4) is 0 Å². The van der Waals surface area contributed by atoms with Crippen LogP contribution in [0.1, 0.15) is 23.2 Å². The highest BCUT2D eigenvalue weighted by atomic mass is 79.9. The van der Waals surface area contributed by atoms with Crippen LogP contribution in [0.5, 0.6) is 0 Å². The Morgan fingerprint density at radius 1 is 0.433 bits per heavy atom. The van der Waals surface area contributed by atoms with Crippen molar-refractivity contribution in [2.24, 2.45) is 0 Å². The minimum atomic E-state index is 0.0263. The molecular weight excluding hydrogens is 500 g/mol. The molecule has 2 atom stereocenters. The molecule has 0 aliphatic heterocycles. The number of anilines is 2. The van der Waals surface area contributed by atoms with Gasteiger partial charge in [-0.1, -0.05) is 92.5 Å². The average molecular weight is 522 g/mol. The first-order valence-electron chi connectivity index (χ1n) is 9.83. The van der Waals surface area contributed by atoms with Crippen LogP contribution in [0.3, 0.4) is 0 Å². The van der Waals surface area contributed by atoms with Gasteiger partial charge in [0.15, 0.2) is 0 Å². The van der Waals surface area contributed by atoms with Gasteiger partial charge in [0.25, 0.3) is 0 Å². The number of halogens is 2. The number of rotatable bonds is 7. The Balaban J connectivity index is 1.75. The molecule has 30 heavy (non-hydrogen) atoms. The van der Waals surface area contributed by atoms with Gasteiger partial charge in [0, 0.05) is 20.3 Å². The lowest BCUT2D eigenvalue weighted by Crippen LogP contribution is -2.25. The third-order valence-corrected chi connectivity index (χ3v) is 6.04. The van der Waals surface area contributed by atoms with E-state index in [0.717, 1.165) is 20.3 Å². The lowest BCUT2D eigenvalue weighted by atomic mass is 9.92. The Morgan fingerprint density at radius 2 is 0.767 bits per heavy atom. The molecule has 0 saturated carbocycles. The van der Waals surface area contributed by atoms with Crippen LogP contribution in [0.25, 0.3) is 0 Å². The molecule has 0 aliphatic rings. The van der Waals surface area contributed by atoms with Crippen molar-refractivity contribution in [2.45, 2.75) is 12.1 Å². The topological polar surface area (TPSA) is 24.1 Å². The molecule has 2 nitrogen and oxygen atoms in total. The molecule has 0 saturated heterocycles. The molecule has 0 radical (unpaired) electrons. The fourth-order valence-corrected chi connectivity index (χ4v) is 4.02. The van der Waals surface area contributed by atoms with Crippen LogP contribution < -0.4 is 10.6 Å². The van der Waals surface area contributed by atoms with Gasteiger partial charge < -0.3 is 10.6 Å². The summed E-state index contributed by atoms with van der Waals surface area (Å²) in [5.41, 5.74) is 4.59. The second-order valence-electron chi connectivity index (χ2n) is 7.08. The summed E-state index contributed by atoms with van der Waals surface area (Å²) in [6, 6.07) is 37.9. The molecular formula is C26H22Br2N2. The second-order valence-corrected chi connectivity index (χ2v) is 8.91. The van der Waals surface area contributed by atoms with Crippen LogP contribution in [0.15, 0.2) is 118 Å². The zero-order chi connectivity index (χ0) is 20.8. The zero-order valence-electron chi connectivity index (χ0n) is 16.3. The maximum Gasteiger partial charge on any atom is 0.0757 e. The molecule has 0 amide bonds. The minimum Gasteiger partial charge on any atom is -0.376 e. The zero-order valence-corrected chi connectivity index (χ0v) is 19.5. The fourth-order valence-electron chi connectivity index (χ4n) is 3.49. The Morgan fingerprint density at radius 3 is 1.10 bits per heavy atom. The quantitative estimate of drug-likeness (QED) is 0.256. The first kappa shape index (κ1) is 20.7. The van der Waals surface area contributed by atoms with Crippen molar-refractivity contribution in [1.29, 1.82) is 0 Å². The van der Waals surface area contributed by atoms with E-state index in [9.17, 15) is 0 Å². The largest absolute Gasteiger partial charge is 0.376 e. The van der Waals surface area contributed by atoms with Crippen LogP contribution in [0.2, 0.25) is 0 Å². The van der Waals surface area contributed by atoms with Gasteiger partial charge in [-0.25, -0.2) is 0 Å². The first-order chi connectivity index (χ1) is 14.7. The number of nitrogens with one attached hydrogen (secondary N) is 2. The summed E-state index contributed by atoms with van der Waals surface area (Å²) in [7, 11) is 0. The molecule has 0 spiro atoms. The Labute approximate surface area is 194 Å². The minimum absolute atomic E-state index is 0.0263. The molecule has 0 bridgehead atoms. The Kier molecular flexibility index (Phi) is 6.88. The third kappa shape index (κ3) is 5.32. The van der Waals surface area contributed by atoms with Gasteiger partial charge in [0.05, 0.1) is 12.1 Å². The lowest BCUT2D eigenvalue weighted by molar-refractivity contribution is 0.650. The molecule has 4 heteroatoms. The van der Waals surface area contributed by atoms with Crippen molar-refractivity contribution in [3.05, 3.63) is 129 Å². The summed E-state index contributed by atoms with van der Waals surface area (Å²) in [6.07, 6.45) is 0. The summed E-state index contributed by atoms with van der Waals surface area (Å²) < 4.78 is 2.13. The molecule has 0 heterocycles. The SMILES string of the molecule is Brc1ccc(N[C@H](c2ccccc2)[C@@H](Nc2ccc(Br)cc2)c2ccccc2)cc1. The smallest absolute Gasteiger partial charge is 0.0757 e. The van der Waals surface area contributed by atoms with Crippen LogP contribution in [-0.4, -0.2) is 0 Å². The highest BCUT2D eigenvalue weighted by molar-refractivity contribution is 9.10. The van der Waals surface area contributed by atoms with Gasteiger partial charge in [-0.3, -0.25) is 0 Å². The molecule has 4 aromatic carbocycles. The second kappa shape index (κ2) is 9.96. The molecule has 4 aromatic rings. The van der Waals surface area contributed by atoms with E-state index in [0.29, 0.717) is 0 Å². The molecule has 0 aliphatic carbocycles. The van der Waals surface area contributed by atoms with Gasteiger partial charge in [-0.15, -0.1) is 0 Å². The first-order valence-corrected chi connectivity index (χ1v) is 11.4. The maximum absolute atomic E-state index is 3.76. The molecule has 0 fully saturated rings. The maximum atomic E-state index is 3.76. The van der Waals surface area contributed by atoms with Gasteiger partial charge in [0.2, 0.25) is 0 Å². The van der Waals surface area contributed by atoms with E-state index in [1.165, 1.54) is 11.1 Å². The van der Waals surface area contributed by atoms with E-state index in [1.807, 2.05) is 0 Å². The van der Waals surface area contributed by atoms with Crippen molar-refractivity contribution < 1.29 is 0 Å². The highest BCUT2D eigenvalue weighted by Crippen LogP contribution is 2.35. The molecule has 2 N–H and O–H groups in total. The summed E-state index contributed by atoms with van der Waals surface area (Å²) in [6.45, 7) is 0. The van der Waals surface area contributed by atoms with Gasteiger partial charge >= 0.3 is 0 Å². The average Bonchev–Trinajstić information content (AvgIpc) is 2.80. The van der Waals surface area contributed by atoms with E-state index in [2.05, 4.69) is 152 Å². The van der Waals surface area contributed by atoms with Crippen molar-refractivity contribution in [1.82, 2.24) is 0 Å². The van der Waals surface area contributed by atoms with Crippen molar-refractivity contribution >= 4 is 43.2 Å². The Hall–Kier alpha value is -2.56. The van der Waals surface area contributed by atoms with E-state index in [1.54, 1.807) is 0 Å². The van der Waals surface area contributed by atoms with Gasteiger partial charge in [-0.05, 0) is 59.7 Å². The lowest BCUT2D eigenvalue weighted by Gasteiger charge is -2.31. The number of hydrogen-bond donors (Lipinski definition) is 2. The highest BCUT2D eigenvalue weighted by Gasteiger charge is 2.25. The van der Waals surface area contributed by atoms with E-state index < -0.39 is 0 Å². The van der Waals surface area contributed by atoms with E-state index >= 15 is 0 Å². The summed E-state index contributed by atoms with van der Waals surface area (Å²) in [4.78, 5) is 0. The molecule has 4 rings (SSSR count). The summed E-state index contributed by atoms with van der Waals surface area (Å²) in [5.74, 6) is 0. The molecule has 0 aromatic heterocycles. The summed E-state index contributed by atoms with van der Waals surface area (Å²) >= 11 is 7.06. The van der Waals surface area contributed by atoms with E-state index in [-0.39, 0.29) is 12.1 Å². The normalized spacial score (nSPS) is 12.7. The van der Waals surface area contributed by atoms with Crippen LogP contribution in [-0.2, 0) is 0 Å².